The fraction of sp³-hybridized carbons (Fsp3) is 0.541. The van der Waals surface area contributed by atoms with Gasteiger partial charge in [-0.15, -0.1) is 24.8 Å². The van der Waals surface area contributed by atoms with Gasteiger partial charge < -0.3 is 0 Å². The summed E-state index contributed by atoms with van der Waals surface area (Å²) in [7, 11) is 0. The van der Waals surface area contributed by atoms with Crippen LogP contribution < -0.4 is 3.27 Å². The maximum atomic E-state index is 5.63. The zero-order chi connectivity index (χ0) is 28.1. The Bertz CT molecular complexity index is 1360. The molecule has 2 aliphatic rings. The van der Waals surface area contributed by atoms with Crippen molar-refractivity contribution in [3.05, 3.63) is 73.1 Å². The van der Waals surface area contributed by atoms with Crippen LogP contribution in [0.5, 0.6) is 0 Å². The Labute approximate surface area is 259 Å². The molecule has 0 unspecified atom stereocenters. The van der Waals surface area contributed by atoms with E-state index in [2.05, 4.69) is 106 Å². The maximum absolute atomic E-state index is 5.63. The van der Waals surface area contributed by atoms with Gasteiger partial charge in [0.05, 0.1) is 0 Å². The minimum atomic E-state index is -3.90. The van der Waals surface area contributed by atoms with E-state index in [4.69, 9.17) is 4.21 Å². The Morgan fingerprint density at radius 3 is 1.82 bits per heavy atom. The van der Waals surface area contributed by atoms with Crippen LogP contribution in [-0.4, -0.2) is 4.21 Å². The van der Waals surface area contributed by atoms with Crippen molar-refractivity contribution in [3.8, 4) is 11.1 Å². The summed E-state index contributed by atoms with van der Waals surface area (Å²) in [5.74, 6) is 0. The second kappa shape index (κ2) is 12.5. The molecule has 0 atom stereocenters. The molecule has 4 rings (SSSR count). The van der Waals surface area contributed by atoms with Gasteiger partial charge in [-0.25, -0.2) is 0 Å². The fourth-order valence-electron chi connectivity index (χ4n) is 8.09. The van der Waals surface area contributed by atoms with Gasteiger partial charge >= 0.3 is 237 Å². The summed E-state index contributed by atoms with van der Waals surface area (Å²) in [4.78, 5) is 0. The number of unbranched alkanes of at least 4 members (excludes halogenated alkanes) is 2. The van der Waals surface area contributed by atoms with Crippen molar-refractivity contribution in [3.63, 3.8) is 0 Å². The van der Waals surface area contributed by atoms with Crippen molar-refractivity contribution in [2.24, 2.45) is 0 Å². The summed E-state index contributed by atoms with van der Waals surface area (Å²) in [6.07, 6.45) is 14.6. The van der Waals surface area contributed by atoms with Gasteiger partial charge in [-0.05, 0) is 0 Å². The first-order valence-corrected chi connectivity index (χ1v) is 23.1. The van der Waals surface area contributed by atoms with E-state index < -0.39 is 18.3 Å². The van der Waals surface area contributed by atoms with Crippen molar-refractivity contribution >= 4 is 32.3 Å². The molecule has 2 aromatic carbocycles. The van der Waals surface area contributed by atoms with Gasteiger partial charge in [-0.1, -0.05) is 0 Å². The summed E-state index contributed by atoms with van der Waals surface area (Å²) >= 11 is -3.90. The van der Waals surface area contributed by atoms with Crippen LogP contribution in [0.4, 0.5) is 0 Å². The Balaban J connectivity index is 0.00000280. The molecule has 0 fully saturated rings. The average molecular weight is 663 g/mol. The third-order valence-electron chi connectivity index (χ3n) is 9.95. The second-order valence-electron chi connectivity index (χ2n) is 14.9. The molecule has 2 aromatic rings. The molecule has 0 saturated carbocycles. The summed E-state index contributed by atoms with van der Waals surface area (Å²) in [5.41, 5.74) is 12.5. The van der Waals surface area contributed by atoms with Crippen LogP contribution in [0.3, 0.4) is 0 Å². The monoisotopic (exact) mass is 660 g/mol. The zero-order valence-corrected chi connectivity index (χ0v) is 31.2. The van der Waals surface area contributed by atoms with Crippen LogP contribution in [0.2, 0.25) is 8.26 Å². The number of allylic oxidation sites excluding steroid dienone is 4. The molecule has 0 N–H and O–H groups in total. The quantitative estimate of drug-likeness (QED) is 0.225. The van der Waals surface area contributed by atoms with Crippen LogP contribution >= 0.6 is 24.8 Å². The molecule has 2 aliphatic carbocycles. The SMILES string of the molecule is Cl.Cl.[CH2]=[Zr]([CH2]CCC)([CH2]CCC)([C]1=CC=CC1)[c]1c(C)c(C(C)(C)C)cc2c1Cc1cc(C)c(C(C)(C)C)cc1-2. The van der Waals surface area contributed by atoms with Crippen LogP contribution in [0, 0.1) is 13.8 Å². The van der Waals surface area contributed by atoms with Crippen molar-refractivity contribution in [2.45, 2.75) is 127 Å². The van der Waals surface area contributed by atoms with Crippen molar-refractivity contribution in [1.82, 2.24) is 0 Å². The van der Waals surface area contributed by atoms with Gasteiger partial charge in [-0.3, -0.25) is 0 Å². The molecule has 0 nitrogen and oxygen atoms in total. The predicted molar refractivity (Wildman–Crippen MR) is 184 cm³/mol. The first kappa shape index (κ1) is 35.4. The van der Waals surface area contributed by atoms with E-state index in [1.54, 1.807) is 23.2 Å². The number of fused-ring (bicyclic) bond motifs is 3. The Hall–Kier alpha value is -0.747. The van der Waals surface area contributed by atoms with Crippen molar-refractivity contribution < 1.29 is 18.3 Å². The Morgan fingerprint density at radius 1 is 0.800 bits per heavy atom. The summed E-state index contributed by atoms with van der Waals surface area (Å²) in [5, 5.41) is 0. The molecule has 0 aliphatic heterocycles. The average Bonchev–Trinajstić information content (AvgIpc) is 3.48. The van der Waals surface area contributed by atoms with Gasteiger partial charge in [0.1, 0.15) is 0 Å². The Morgan fingerprint density at radius 2 is 1.35 bits per heavy atom. The molecule has 0 aromatic heterocycles. The van der Waals surface area contributed by atoms with Gasteiger partial charge in [0.15, 0.2) is 0 Å². The number of hydrogen-bond donors (Lipinski definition) is 0. The molecule has 0 saturated heterocycles. The van der Waals surface area contributed by atoms with Crippen LogP contribution in [-0.2, 0) is 35.5 Å². The molecule has 0 spiro atoms. The standard InChI is InChI=1S/C23H29.C5H5.2C4H9.CH2.2ClH.Zr/c1-14-9-16-11-17-10-15(2)21(23(6,7)8)13-19(17)18(16)12-20(14)22(3,4)5;1-2-4-5-3-1;2*1-3-4-2;;;;/h9,12-13H,11H2,1-8H3;1-3H,4H2;2*1,3-4H2,2H3;1H2;2*1H;. The van der Waals surface area contributed by atoms with Crippen LogP contribution in [0.25, 0.3) is 11.1 Å². The number of aryl methyl sites for hydroxylation is 1. The fourth-order valence-corrected chi connectivity index (χ4v) is 26.4. The number of rotatable bonds is 8. The number of hydrogen-bond acceptors (Lipinski definition) is 0. The molecular weight excluding hydrogens is 607 g/mol. The van der Waals surface area contributed by atoms with Crippen LogP contribution in [0.1, 0.15) is 121 Å². The first-order chi connectivity index (χ1) is 17.7. The van der Waals surface area contributed by atoms with Crippen LogP contribution in [0.15, 0.2) is 39.7 Å². The third kappa shape index (κ3) is 6.01. The Kier molecular flexibility index (Phi) is 11.0. The van der Waals surface area contributed by atoms with E-state index in [9.17, 15) is 0 Å². The van der Waals surface area contributed by atoms with E-state index in [0.717, 1.165) is 12.8 Å². The number of halogens is 2. The molecule has 0 bridgehead atoms. The van der Waals surface area contributed by atoms with E-state index >= 15 is 0 Å². The van der Waals surface area contributed by atoms with E-state index in [0.29, 0.717) is 0 Å². The van der Waals surface area contributed by atoms with Crippen molar-refractivity contribution in [2.75, 3.05) is 0 Å². The van der Waals surface area contributed by atoms with Gasteiger partial charge in [0.2, 0.25) is 0 Å². The van der Waals surface area contributed by atoms with E-state index in [-0.39, 0.29) is 35.6 Å². The van der Waals surface area contributed by atoms with Gasteiger partial charge in [0.25, 0.3) is 0 Å². The molecule has 0 radical (unpaired) electrons. The molecule has 222 valence electrons. The molecular formula is C37H56Cl2Zr. The molecule has 3 heteroatoms. The van der Waals surface area contributed by atoms with Crippen molar-refractivity contribution in [1.29, 1.82) is 0 Å². The second-order valence-corrected chi connectivity index (χ2v) is 29.7. The van der Waals surface area contributed by atoms with Gasteiger partial charge in [0, 0.05) is 0 Å². The normalized spacial score (nSPS) is 14.8. The van der Waals surface area contributed by atoms with E-state index in [1.807, 2.05) is 0 Å². The molecule has 0 amide bonds. The topological polar surface area (TPSA) is 0 Å². The molecule has 0 heterocycles. The number of benzene rings is 2. The summed E-state index contributed by atoms with van der Waals surface area (Å²) in [6, 6.07) is 7.68. The zero-order valence-electron chi connectivity index (χ0n) is 27.1. The predicted octanol–water partition coefficient (Wildman–Crippen LogP) is 11.3. The summed E-state index contributed by atoms with van der Waals surface area (Å²) in [6.45, 7) is 23.9. The van der Waals surface area contributed by atoms with Gasteiger partial charge in [-0.2, -0.15) is 0 Å². The van der Waals surface area contributed by atoms with E-state index in [1.165, 1.54) is 61.8 Å². The molecule has 40 heavy (non-hydrogen) atoms. The minimum absolute atomic E-state index is 0. The first-order valence-electron chi connectivity index (χ1n) is 15.4. The third-order valence-corrected chi connectivity index (χ3v) is 27.6. The summed E-state index contributed by atoms with van der Waals surface area (Å²) < 4.78 is 11.8.